The molecule has 0 aliphatic heterocycles. The number of nitrogens with one attached hydrogen (secondary N) is 1. The third-order valence-corrected chi connectivity index (χ3v) is 5.92. The first kappa shape index (κ1) is 14.3. The van der Waals surface area contributed by atoms with Crippen molar-refractivity contribution in [2.45, 2.75) is 39.3 Å². The van der Waals surface area contributed by atoms with Gasteiger partial charge in [-0.1, -0.05) is 38.1 Å². The summed E-state index contributed by atoms with van der Waals surface area (Å²) in [7, 11) is 0. The second kappa shape index (κ2) is 5.63. The van der Waals surface area contributed by atoms with Gasteiger partial charge in [0, 0.05) is 17.5 Å². The fourth-order valence-electron chi connectivity index (χ4n) is 3.10. The zero-order valence-electron chi connectivity index (χ0n) is 11.9. The third-order valence-electron chi connectivity index (χ3n) is 4.30. The summed E-state index contributed by atoms with van der Waals surface area (Å²) >= 11 is 5.35. The number of hydrogen-bond donors (Lipinski definition) is 1. The highest BCUT2D eigenvalue weighted by atomic mass is 79.9. The largest absolute Gasteiger partial charge is 0.305 e. The zero-order valence-corrected chi connectivity index (χ0v) is 14.4. The molecule has 0 amide bonds. The van der Waals surface area contributed by atoms with Crippen molar-refractivity contribution in [3.05, 3.63) is 56.2 Å². The minimum absolute atomic E-state index is 0.308. The van der Waals surface area contributed by atoms with Gasteiger partial charge >= 0.3 is 0 Å². The Morgan fingerprint density at radius 2 is 2.05 bits per heavy atom. The van der Waals surface area contributed by atoms with Crippen LogP contribution in [-0.2, 0) is 13.0 Å². The molecule has 3 heteroatoms. The van der Waals surface area contributed by atoms with Gasteiger partial charge in [0.05, 0.1) is 3.79 Å². The van der Waals surface area contributed by atoms with E-state index in [1.807, 2.05) is 11.3 Å². The summed E-state index contributed by atoms with van der Waals surface area (Å²) in [6.07, 6.45) is 2.45. The zero-order chi connectivity index (χ0) is 14.2. The SMILES string of the molecule is CC1(C)CCc2ccccc2C1NCc1ccc(Br)s1. The van der Waals surface area contributed by atoms with Crippen LogP contribution in [0.3, 0.4) is 0 Å². The summed E-state index contributed by atoms with van der Waals surface area (Å²) in [5.41, 5.74) is 3.30. The fourth-order valence-corrected chi connectivity index (χ4v) is 4.54. The third kappa shape index (κ3) is 2.85. The van der Waals surface area contributed by atoms with Crippen LogP contribution in [0.5, 0.6) is 0 Å². The number of aryl methyl sites for hydroxylation is 1. The van der Waals surface area contributed by atoms with E-state index < -0.39 is 0 Å². The molecule has 1 unspecified atom stereocenters. The minimum Gasteiger partial charge on any atom is -0.305 e. The smallest absolute Gasteiger partial charge is 0.0701 e. The van der Waals surface area contributed by atoms with Gasteiger partial charge in [-0.15, -0.1) is 11.3 Å². The van der Waals surface area contributed by atoms with Crippen LogP contribution in [0, 0.1) is 5.41 Å². The van der Waals surface area contributed by atoms with Crippen molar-refractivity contribution in [1.82, 2.24) is 5.32 Å². The van der Waals surface area contributed by atoms with Crippen LogP contribution in [0.25, 0.3) is 0 Å². The van der Waals surface area contributed by atoms with Gasteiger partial charge in [-0.25, -0.2) is 0 Å². The number of benzene rings is 1. The molecule has 3 rings (SSSR count). The quantitative estimate of drug-likeness (QED) is 0.791. The molecule has 1 nitrogen and oxygen atoms in total. The summed E-state index contributed by atoms with van der Waals surface area (Å²) in [5.74, 6) is 0. The Morgan fingerprint density at radius 1 is 1.25 bits per heavy atom. The highest BCUT2D eigenvalue weighted by molar-refractivity contribution is 9.11. The first-order valence-electron chi connectivity index (χ1n) is 7.12. The van der Waals surface area contributed by atoms with Gasteiger partial charge < -0.3 is 5.32 Å². The molecule has 0 fully saturated rings. The molecule has 1 aliphatic rings. The van der Waals surface area contributed by atoms with Crippen LogP contribution < -0.4 is 5.32 Å². The highest BCUT2D eigenvalue weighted by Gasteiger charge is 2.35. The number of hydrogen-bond acceptors (Lipinski definition) is 2. The molecule has 0 saturated heterocycles. The second-order valence-electron chi connectivity index (χ2n) is 6.21. The fraction of sp³-hybridized carbons (Fsp3) is 0.412. The monoisotopic (exact) mass is 349 g/mol. The molecule has 1 aliphatic carbocycles. The van der Waals surface area contributed by atoms with Crippen molar-refractivity contribution in [2.75, 3.05) is 0 Å². The Hall–Kier alpha value is -0.640. The van der Waals surface area contributed by atoms with Crippen molar-refractivity contribution in [3.63, 3.8) is 0 Å². The lowest BCUT2D eigenvalue weighted by Crippen LogP contribution is -2.37. The molecule has 1 N–H and O–H groups in total. The topological polar surface area (TPSA) is 12.0 Å². The maximum absolute atomic E-state index is 3.79. The van der Waals surface area contributed by atoms with Gasteiger partial charge in [0.25, 0.3) is 0 Å². The van der Waals surface area contributed by atoms with E-state index in [0.29, 0.717) is 11.5 Å². The van der Waals surface area contributed by atoms with Gasteiger partial charge in [0.15, 0.2) is 0 Å². The van der Waals surface area contributed by atoms with Crippen LogP contribution in [-0.4, -0.2) is 0 Å². The number of thiophene rings is 1. The van der Waals surface area contributed by atoms with E-state index in [4.69, 9.17) is 0 Å². The number of rotatable bonds is 3. The van der Waals surface area contributed by atoms with E-state index >= 15 is 0 Å². The lowest BCUT2D eigenvalue weighted by Gasteiger charge is -2.40. The summed E-state index contributed by atoms with van der Waals surface area (Å²) in [6.45, 7) is 5.70. The van der Waals surface area contributed by atoms with Crippen molar-refractivity contribution < 1.29 is 0 Å². The van der Waals surface area contributed by atoms with Gasteiger partial charge in [-0.3, -0.25) is 0 Å². The molecule has 1 atom stereocenters. The van der Waals surface area contributed by atoms with Gasteiger partial charge in [-0.05, 0) is 57.4 Å². The Morgan fingerprint density at radius 3 is 2.80 bits per heavy atom. The van der Waals surface area contributed by atoms with Crippen molar-refractivity contribution in [2.24, 2.45) is 5.41 Å². The molecule has 0 radical (unpaired) electrons. The van der Waals surface area contributed by atoms with Crippen LogP contribution in [0.2, 0.25) is 0 Å². The summed E-state index contributed by atoms with van der Waals surface area (Å²) in [5, 5.41) is 3.79. The molecule has 1 aromatic carbocycles. The predicted molar refractivity (Wildman–Crippen MR) is 90.1 cm³/mol. The molecule has 106 valence electrons. The first-order valence-corrected chi connectivity index (χ1v) is 8.72. The molecular formula is C17H20BrNS. The van der Waals surface area contributed by atoms with Crippen LogP contribution in [0.1, 0.15) is 42.3 Å². The average molecular weight is 350 g/mol. The Bertz CT molecular complexity index is 603. The second-order valence-corrected chi connectivity index (χ2v) is 8.75. The van der Waals surface area contributed by atoms with Crippen molar-refractivity contribution in [3.8, 4) is 0 Å². The number of fused-ring (bicyclic) bond motifs is 1. The van der Waals surface area contributed by atoms with Crippen molar-refractivity contribution in [1.29, 1.82) is 0 Å². The molecule has 20 heavy (non-hydrogen) atoms. The van der Waals surface area contributed by atoms with Gasteiger partial charge in [0.2, 0.25) is 0 Å². The van der Waals surface area contributed by atoms with Crippen molar-refractivity contribution >= 4 is 27.3 Å². The lowest BCUT2D eigenvalue weighted by atomic mass is 9.70. The minimum atomic E-state index is 0.308. The molecule has 1 aromatic heterocycles. The standard InChI is InChI=1S/C17H20BrNS/c1-17(2)10-9-12-5-3-4-6-14(12)16(17)19-11-13-7-8-15(18)20-13/h3-8,16,19H,9-11H2,1-2H3. The molecule has 2 aromatic rings. The Kier molecular flexibility index (Phi) is 4.02. The van der Waals surface area contributed by atoms with Gasteiger partial charge in [-0.2, -0.15) is 0 Å². The maximum atomic E-state index is 3.79. The van der Waals surface area contributed by atoms with E-state index in [-0.39, 0.29) is 0 Å². The van der Waals surface area contributed by atoms with Gasteiger partial charge in [0.1, 0.15) is 0 Å². The van der Waals surface area contributed by atoms with Crippen LogP contribution >= 0.6 is 27.3 Å². The van der Waals surface area contributed by atoms with Crippen LogP contribution in [0.15, 0.2) is 40.2 Å². The lowest BCUT2D eigenvalue weighted by molar-refractivity contribution is 0.208. The predicted octanol–water partition coefficient (Wildman–Crippen LogP) is 5.31. The molecule has 0 bridgehead atoms. The maximum Gasteiger partial charge on any atom is 0.0701 e. The normalized spacial score (nSPS) is 20.6. The van der Waals surface area contributed by atoms with E-state index in [1.165, 1.54) is 32.6 Å². The number of halogens is 1. The molecular weight excluding hydrogens is 330 g/mol. The Balaban J connectivity index is 1.82. The summed E-state index contributed by atoms with van der Waals surface area (Å²) in [6, 6.07) is 13.7. The molecule has 1 heterocycles. The highest BCUT2D eigenvalue weighted by Crippen LogP contribution is 2.43. The van der Waals surface area contributed by atoms with E-state index in [0.717, 1.165) is 6.54 Å². The van der Waals surface area contributed by atoms with Crippen LogP contribution in [0.4, 0.5) is 0 Å². The Labute approximate surface area is 133 Å². The van der Waals surface area contributed by atoms with E-state index in [2.05, 4.69) is 71.5 Å². The van der Waals surface area contributed by atoms with E-state index in [9.17, 15) is 0 Å². The summed E-state index contributed by atoms with van der Waals surface area (Å²) in [4.78, 5) is 1.38. The first-order chi connectivity index (χ1) is 9.56. The average Bonchev–Trinajstić information content (AvgIpc) is 2.83. The molecule has 0 spiro atoms. The summed E-state index contributed by atoms with van der Waals surface area (Å²) < 4.78 is 1.21. The molecule has 0 saturated carbocycles. The van der Waals surface area contributed by atoms with E-state index in [1.54, 1.807) is 0 Å².